The highest BCUT2D eigenvalue weighted by Crippen LogP contribution is 2.32. The van der Waals surface area contributed by atoms with Crippen molar-refractivity contribution in [1.82, 2.24) is 0 Å². The third-order valence-corrected chi connectivity index (χ3v) is 1.51. The van der Waals surface area contributed by atoms with Gasteiger partial charge in [-0.1, -0.05) is 5.92 Å². The highest BCUT2D eigenvalue weighted by Gasteiger charge is 2.23. The summed E-state index contributed by atoms with van der Waals surface area (Å²) in [5.41, 5.74) is 0. The maximum Gasteiger partial charge on any atom is 0.145 e. The lowest BCUT2D eigenvalue weighted by atomic mass is 10.1. The van der Waals surface area contributed by atoms with E-state index in [1.807, 2.05) is 0 Å². The molecule has 0 aromatic carbocycles. The first kappa shape index (κ1) is 6.35. The second-order valence-electron chi connectivity index (χ2n) is 2.57. The molecule has 0 amide bonds. The molecule has 1 rings (SSSR count). The molecule has 9 heavy (non-hydrogen) atoms. The standard InChI is InChI=1S/C8H10O/c1-2-3-8(9)6-7-4-5-7/h1,7H,3-6H2. The van der Waals surface area contributed by atoms with E-state index in [0.29, 0.717) is 12.3 Å². The van der Waals surface area contributed by atoms with Crippen LogP contribution in [0, 0.1) is 18.3 Å². The number of ketones is 1. The summed E-state index contributed by atoms with van der Waals surface area (Å²) < 4.78 is 0. The number of rotatable bonds is 3. The van der Waals surface area contributed by atoms with E-state index in [0.717, 1.165) is 6.42 Å². The lowest BCUT2D eigenvalue weighted by molar-refractivity contribution is -0.118. The van der Waals surface area contributed by atoms with Gasteiger partial charge in [-0.05, 0) is 18.8 Å². The first-order chi connectivity index (χ1) is 4.33. The lowest BCUT2D eigenvalue weighted by Crippen LogP contribution is -1.95. The third-order valence-electron chi connectivity index (χ3n) is 1.51. The molecule has 0 saturated heterocycles. The Balaban J connectivity index is 2.11. The van der Waals surface area contributed by atoms with Crippen LogP contribution >= 0.6 is 0 Å². The molecule has 0 aliphatic heterocycles. The molecule has 0 bridgehead atoms. The monoisotopic (exact) mass is 122 g/mol. The second kappa shape index (κ2) is 2.68. The molecule has 1 nitrogen and oxygen atoms in total. The Bertz CT molecular complexity index is 148. The van der Waals surface area contributed by atoms with Crippen molar-refractivity contribution in [3.8, 4) is 12.3 Å². The molecular formula is C8H10O. The van der Waals surface area contributed by atoms with Crippen LogP contribution in [-0.2, 0) is 4.79 Å². The molecule has 1 saturated carbocycles. The van der Waals surface area contributed by atoms with E-state index in [-0.39, 0.29) is 5.78 Å². The fourth-order valence-corrected chi connectivity index (χ4v) is 0.830. The lowest BCUT2D eigenvalue weighted by Gasteiger charge is -1.89. The Morgan fingerprint density at radius 3 is 2.78 bits per heavy atom. The van der Waals surface area contributed by atoms with Gasteiger partial charge in [0.2, 0.25) is 0 Å². The highest BCUT2D eigenvalue weighted by atomic mass is 16.1. The van der Waals surface area contributed by atoms with E-state index < -0.39 is 0 Å². The Labute approximate surface area is 55.4 Å². The minimum absolute atomic E-state index is 0.236. The van der Waals surface area contributed by atoms with Gasteiger partial charge >= 0.3 is 0 Å². The Morgan fingerprint density at radius 1 is 1.67 bits per heavy atom. The van der Waals surface area contributed by atoms with E-state index in [4.69, 9.17) is 6.42 Å². The van der Waals surface area contributed by atoms with Crippen LogP contribution in [0.4, 0.5) is 0 Å². The van der Waals surface area contributed by atoms with Crippen LogP contribution in [0.1, 0.15) is 25.7 Å². The molecule has 0 spiro atoms. The van der Waals surface area contributed by atoms with Crippen molar-refractivity contribution in [3.63, 3.8) is 0 Å². The normalized spacial score (nSPS) is 16.8. The van der Waals surface area contributed by atoms with E-state index >= 15 is 0 Å². The second-order valence-corrected chi connectivity index (χ2v) is 2.57. The molecule has 0 radical (unpaired) electrons. The van der Waals surface area contributed by atoms with Gasteiger partial charge in [0.25, 0.3) is 0 Å². The molecule has 0 heterocycles. The molecule has 1 heteroatoms. The highest BCUT2D eigenvalue weighted by molar-refractivity contribution is 5.81. The number of terminal acetylenes is 1. The summed E-state index contributed by atoms with van der Waals surface area (Å²) in [6, 6.07) is 0. The predicted molar refractivity (Wildman–Crippen MR) is 35.8 cm³/mol. The predicted octanol–water partition coefficient (Wildman–Crippen LogP) is 1.38. The van der Waals surface area contributed by atoms with Crippen LogP contribution in [0.5, 0.6) is 0 Å². The Kier molecular flexibility index (Phi) is 1.89. The molecule has 0 aromatic heterocycles. The van der Waals surface area contributed by atoms with Crippen molar-refractivity contribution < 1.29 is 4.79 Å². The fourth-order valence-electron chi connectivity index (χ4n) is 0.830. The average molecular weight is 122 g/mol. The van der Waals surface area contributed by atoms with Crippen molar-refractivity contribution in [3.05, 3.63) is 0 Å². The van der Waals surface area contributed by atoms with E-state index in [1.165, 1.54) is 12.8 Å². The quantitative estimate of drug-likeness (QED) is 0.517. The first-order valence-corrected chi connectivity index (χ1v) is 3.28. The van der Waals surface area contributed by atoms with Crippen molar-refractivity contribution in [1.29, 1.82) is 0 Å². The molecule has 1 fully saturated rings. The summed E-state index contributed by atoms with van der Waals surface area (Å²) in [7, 11) is 0. The van der Waals surface area contributed by atoms with Gasteiger partial charge in [-0.3, -0.25) is 4.79 Å². The summed E-state index contributed by atoms with van der Waals surface area (Å²) in [5, 5.41) is 0. The van der Waals surface area contributed by atoms with Gasteiger partial charge in [0.1, 0.15) is 5.78 Å². The van der Waals surface area contributed by atoms with Gasteiger partial charge in [0, 0.05) is 6.42 Å². The maximum atomic E-state index is 10.8. The summed E-state index contributed by atoms with van der Waals surface area (Å²) >= 11 is 0. The van der Waals surface area contributed by atoms with Crippen LogP contribution in [0.3, 0.4) is 0 Å². The largest absolute Gasteiger partial charge is 0.299 e. The van der Waals surface area contributed by atoms with E-state index in [1.54, 1.807) is 0 Å². The Hall–Kier alpha value is -0.770. The summed E-state index contributed by atoms with van der Waals surface area (Å²) in [5.74, 6) is 3.27. The molecule has 48 valence electrons. The van der Waals surface area contributed by atoms with E-state index in [9.17, 15) is 4.79 Å². The average Bonchev–Trinajstić information content (AvgIpc) is 2.50. The van der Waals surface area contributed by atoms with Gasteiger partial charge < -0.3 is 0 Å². The number of hydrogen-bond donors (Lipinski definition) is 0. The van der Waals surface area contributed by atoms with Crippen molar-refractivity contribution in [2.24, 2.45) is 5.92 Å². The zero-order chi connectivity index (χ0) is 6.69. The van der Waals surface area contributed by atoms with Crippen LogP contribution in [0.2, 0.25) is 0 Å². The smallest absolute Gasteiger partial charge is 0.145 e. The molecular weight excluding hydrogens is 112 g/mol. The number of hydrogen-bond acceptors (Lipinski definition) is 1. The molecule has 0 N–H and O–H groups in total. The zero-order valence-electron chi connectivity index (χ0n) is 5.39. The van der Waals surface area contributed by atoms with E-state index in [2.05, 4.69) is 5.92 Å². The van der Waals surface area contributed by atoms with Crippen LogP contribution in [-0.4, -0.2) is 5.78 Å². The summed E-state index contributed by atoms with van der Waals surface area (Å²) in [4.78, 5) is 10.8. The SMILES string of the molecule is C#CCC(=O)CC1CC1. The molecule has 1 aliphatic rings. The first-order valence-electron chi connectivity index (χ1n) is 3.28. The number of carbonyl (C=O) groups excluding carboxylic acids is 1. The topological polar surface area (TPSA) is 17.1 Å². The fraction of sp³-hybridized carbons (Fsp3) is 0.625. The summed E-state index contributed by atoms with van der Waals surface area (Å²) in [6.07, 6.45) is 8.48. The van der Waals surface area contributed by atoms with Gasteiger partial charge in [-0.15, -0.1) is 6.42 Å². The van der Waals surface area contributed by atoms with Gasteiger partial charge in [-0.25, -0.2) is 0 Å². The Morgan fingerprint density at radius 2 is 2.33 bits per heavy atom. The minimum atomic E-state index is 0.236. The molecule has 0 unspecified atom stereocenters. The van der Waals surface area contributed by atoms with Gasteiger partial charge in [0.05, 0.1) is 6.42 Å². The van der Waals surface area contributed by atoms with Crippen LogP contribution in [0.15, 0.2) is 0 Å². The van der Waals surface area contributed by atoms with Crippen LogP contribution < -0.4 is 0 Å². The van der Waals surface area contributed by atoms with Crippen molar-refractivity contribution in [2.75, 3.05) is 0 Å². The van der Waals surface area contributed by atoms with Crippen LogP contribution in [0.25, 0.3) is 0 Å². The molecule has 0 aromatic rings. The zero-order valence-corrected chi connectivity index (χ0v) is 5.39. The van der Waals surface area contributed by atoms with Gasteiger partial charge in [0.15, 0.2) is 0 Å². The minimum Gasteiger partial charge on any atom is -0.299 e. The molecule has 0 atom stereocenters. The molecule has 1 aliphatic carbocycles. The summed E-state index contributed by atoms with van der Waals surface area (Å²) in [6.45, 7) is 0. The van der Waals surface area contributed by atoms with Crippen molar-refractivity contribution in [2.45, 2.75) is 25.7 Å². The van der Waals surface area contributed by atoms with Crippen molar-refractivity contribution >= 4 is 5.78 Å². The van der Waals surface area contributed by atoms with Gasteiger partial charge in [-0.2, -0.15) is 0 Å². The number of Topliss-reactive ketones (excluding diaryl/α,β-unsaturated/α-hetero) is 1. The number of carbonyl (C=O) groups is 1. The maximum absolute atomic E-state index is 10.8. The third kappa shape index (κ3) is 2.32.